The number of benzene rings is 2. The van der Waals surface area contributed by atoms with E-state index in [4.69, 9.17) is 17.2 Å². The van der Waals surface area contributed by atoms with Crippen LogP contribution in [0, 0.1) is 0 Å². The average molecular weight is 592 g/mol. The predicted molar refractivity (Wildman–Crippen MR) is 151 cm³/mol. The van der Waals surface area contributed by atoms with Gasteiger partial charge in [-0.15, -0.1) is 0 Å². The molecule has 3 amide bonds. The van der Waals surface area contributed by atoms with E-state index in [9.17, 15) is 37.6 Å². The molecule has 15 heteroatoms. The Balaban J connectivity index is 1.66. The Morgan fingerprint density at radius 2 is 1.64 bits per heavy atom. The monoisotopic (exact) mass is 592 g/mol. The minimum Gasteiger partial charge on any atom is -0.423 e. The summed E-state index contributed by atoms with van der Waals surface area (Å²) >= 11 is 0. The van der Waals surface area contributed by atoms with Gasteiger partial charge in [-0.3, -0.25) is 14.4 Å². The van der Waals surface area contributed by atoms with Gasteiger partial charge in [0.1, 0.15) is 6.04 Å². The van der Waals surface area contributed by atoms with E-state index in [1.54, 1.807) is 4.90 Å². The lowest BCUT2D eigenvalue weighted by atomic mass is 9.80. The van der Waals surface area contributed by atoms with Crippen LogP contribution in [0.2, 0.25) is 0 Å². The summed E-state index contributed by atoms with van der Waals surface area (Å²) in [4.78, 5) is 40.3. The normalized spacial score (nSPS) is 18.6. The van der Waals surface area contributed by atoms with Crippen molar-refractivity contribution in [1.82, 2.24) is 10.2 Å². The van der Waals surface area contributed by atoms with E-state index >= 15 is 0 Å². The third-order valence-electron chi connectivity index (χ3n) is 6.96. The summed E-state index contributed by atoms with van der Waals surface area (Å²) in [7, 11) is -1.77. The number of rotatable bonds is 11. The molecular weight excluding hydrogens is 556 g/mol. The minimum atomic E-state index is -4.49. The van der Waals surface area contributed by atoms with E-state index in [2.05, 4.69) is 10.6 Å². The third-order valence-corrected chi connectivity index (χ3v) is 6.96. The molecule has 2 aromatic rings. The number of piperidine rings is 1. The highest BCUT2D eigenvalue weighted by atomic mass is 19.4. The van der Waals surface area contributed by atoms with Gasteiger partial charge >= 0.3 is 13.3 Å². The van der Waals surface area contributed by atoms with Crippen molar-refractivity contribution < 1.29 is 37.6 Å². The number of nitrogens with one attached hydrogen (secondary N) is 2. The molecule has 0 spiro atoms. The number of nitrogens with two attached hydrogens (primary N) is 3. The molecule has 42 heavy (non-hydrogen) atoms. The van der Waals surface area contributed by atoms with Gasteiger partial charge in [0.15, 0.2) is 0 Å². The second-order valence-electron chi connectivity index (χ2n) is 10.5. The Kier molecular flexibility index (Phi) is 11.5. The molecule has 11 nitrogen and oxygen atoms in total. The quantitative estimate of drug-likeness (QED) is 0.169. The Morgan fingerprint density at radius 1 is 1.00 bits per heavy atom. The van der Waals surface area contributed by atoms with E-state index in [-0.39, 0.29) is 54.8 Å². The Bertz CT molecular complexity index is 1220. The number of hydrogen-bond donors (Lipinski definition) is 7. The number of nitrogens with zero attached hydrogens (tertiary/aromatic N) is 1. The van der Waals surface area contributed by atoms with Gasteiger partial charge in [-0.1, -0.05) is 24.3 Å². The molecule has 1 heterocycles. The summed E-state index contributed by atoms with van der Waals surface area (Å²) in [6.45, 7) is 0.712. The molecule has 228 valence electrons. The number of hydrogen-bond acceptors (Lipinski definition) is 8. The summed E-state index contributed by atoms with van der Waals surface area (Å²) in [5, 5.41) is 24.0. The smallest absolute Gasteiger partial charge is 0.423 e. The summed E-state index contributed by atoms with van der Waals surface area (Å²) in [6, 6.07) is 7.49. The summed E-state index contributed by atoms with van der Waals surface area (Å²) in [5.41, 5.74) is 18.0. The van der Waals surface area contributed by atoms with Gasteiger partial charge < -0.3 is 42.8 Å². The maximum Gasteiger partial charge on any atom is 0.488 e. The highest BCUT2D eigenvalue weighted by Crippen LogP contribution is 2.29. The molecule has 1 aliphatic rings. The zero-order valence-electron chi connectivity index (χ0n) is 22.9. The summed E-state index contributed by atoms with van der Waals surface area (Å²) in [5.74, 6) is -1.59. The Morgan fingerprint density at radius 3 is 2.24 bits per heavy atom. The van der Waals surface area contributed by atoms with E-state index in [1.165, 1.54) is 36.4 Å². The van der Waals surface area contributed by atoms with Crippen molar-refractivity contribution in [2.45, 2.75) is 62.4 Å². The van der Waals surface area contributed by atoms with Crippen LogP contribution < -0.4 is 33.3 Å². The molecule has 10 N–H and O–H groups in total. The fourth-order valence-corrected chi connectivity index (χ4v) is 4.68. The Hall–Kier alpha value is -3.50. The van der Waals surface area contributed by atoms with E-state index in [0.717, 1.165) is 12.1 Å². The first-order valence-corrected chi connectivity index (χ1v) is 13.5. The van der Waals surface area contributed by atoms with Crippen LogP contribution in [0.3, 0.4) is 0 Å². The van der Waals surface area contributed by atoms with Crippen LogP contribution >= 0.6 is 0 Å². The van der Waals surface area contributed by atoms with Crippen LogP contribution in [0.1, 0.15) is 36.8 Å². The number of alkyl halides is 3. The predicted octanol–water partition coefficient (Wildman–Crippen LogP) is -0.564. The number of halogens is 3. The molecule has 2 aromatic carbocycles. The Labute approximate surface area is 241 Å². The van der Waals surface area contributed by atoms with Gasteiger partial charge in [0, 0.05) is 37.3 Å². The lowest BCUT2D eigenvalue weighted by Crippen LogP contribution is -2.54. The van der Waals surface area contributed by atoms with Crippen molar-refractivity contribution in [3.8, 4) is 0 Å². The zero-order valence-corrected chi connectivity index (χ0v) is 22.9. The number of aryl methyl sites for hydroxylation is 1. The topological polar surface area (TPSA) is 197 Å². The van der Waals surface area contributed by atoms with Crippen molar-refractivity contribution >= 4 is 36.0 Å². The summed E-state index contributed by atoms with van der Waals surface area (Å²) < 4.78 is 38.8. The van der Waals surface area contributed by atoms with E-state index in [1.807, 2.05) is 0 Å². The molecular formula is C27H36BF3N6O5. The first kappa shape index (κ1) is 33.0. The van der Waals surface area contributed by atoms with E-state index in [0.29, 0.717) is 25.1 Å². The van der Waals surface area contributed by atoms with Gasteiger partial charge in [-0.05, 0) is 61.0 Å². The van der Waals surface area contributed by atoms with Crippen molar-refractivity contribution in [3.63, 3.8) is 0 Å². The fourth-order valence-electron chi connectivity index (χ4n) is 4.68. The van der Waals surface area contributed by atoms with Crippen molar-refractivity contribution in [2.24, 2.45) is 17.2 Å². The van der Waals surface area contributed by atoms with Crippen LogP contribution in [0.4, 0.5) is 18.9 Å². The van der Waals surface area contributed by atoms with Crippen LogP contribution in [0.5, 0.6) is 0 Å². The highest BCUT2D eigenvalue weighted by Gasteiger charge is 2.31. The molecule has 4 atom stereocenters. The standard InChI is InChI=1S/C27H36BF3N6O5/c29-27(30,31)17-7-4-16(5-8-17)6-10-23(26(40)35-21-3-1-2-18(12-21)28(41)42)36-25(39)22(34)9-11-24(38)37-14-19(32)13-20(33)15-37/h1-5,7-8,12,19-20,22-23,41-42H,6,9-11,13-15,32-34H2,(H,35,40)(H,36,39)/t19-,20+,22-,23+/m0/s1. The maximum atomic E-state index is 13.2. The molecule has 0 unspecified atom stereocenters. The molecule has 1 aliphatic heterocycles. The lowest BCUT2D eigenvalue weighted by molar-refractivity contribution is -0.137. The van der Waals surface area contributed by atoms with Gasteiger partial charge in [-0.2, -0.15) is 13.2 Å². The van der Waals surface area contributed by atoms with Gasteiger partial charge in [-0.25, -0.2) is 0 Å². The zero-order chi connectivity index (χ0) is 31.0. The van der Waals surface area contributed by atoms with Crippen LogP contribution in [0.25, 0.3) is 0 Å². The summed E-state index contributed by atoms with van der Waals surface area (Å²) in [6.07, 6.45) is -3.76. The molecule has 0 aliphatic carbocycles. The average Bonchev–Trinajstić information content (AvgIpc) is 2.92. The molecule has 1 saturated heterocycles. The number of likely N-dealkylation sites (tertiary alicyclic amines) is 1. The molecule has 0 bridgehead atoms. The van der Waals surface area contributed by atoms with Crippen molar-refractivity contribution in [2.75, 3.05) is 18.4 Å². The maximum absolute atomic E-state index is 13.2. The molecule has 0 saturated carbocycles. The van der Waals surface area contributed by atoms with Gasteiger partial charge in [0.25, 0.3) is 0 Å². The van der Waals surface area contributed by atoms with E-state index < -0.39 is 42.8 Å². The highest BCUT2D eigenvalue weighted by molar-refractivity contribution is 6.58. The second kappa shape index (κ2) is 14.6. The number of anilines is 1. The molecule has 3 rings (SSSR count). The SMILES string of the molecule is N[C@@H]1C[C@H](N)CN(C(=O)CC[C@H](N)C(=O)N[C@H](CCc2ccc(C(F)(F)F)cc2)C(=O)Nc2cccc(B(O)O)c2)C1. The van der Waals surface area contributed by atoms with Gasteiger partial charge in [0.2, 0.25) is 17.7 Å². The van der Waals surface area contributed by atoms with Gasteiger partial charge in [0.05, 0.1) is 11.6 Å². The third kappa shape index (κ3) is 9.81. The lowest BCUT2D eigenvalue weighted by Gasteiger charge is -2.34. The molecule has 0 radical (unpaired) electrons. The largest absolute Gasteiger partial charge is 0.488 e. The number of carbonyl (C=O) groups excluding carboxylic acids is 3. The number of carbonyl (C=O) groups is 3. The second-order valence-corrected chi connectivity index (χ2v) is 10.5. The van der Waals surface area contributed by atoms with Crippen molar-refractivity contribution in [1.29, 1.82) is 0 Å². The van der Waals surface area contributed by atoms with Crippen molar-refractivity contribution in [3.05, 3.63) is 59.7 Å². The van der Waals surface area contributed by atoms with Crippen LogP contribution in [0.15, 0.2) is 48.5 Å². The molecule has 0 aromatic heterocycles. The minimum absolute atomic E-state index is 0.00464. The first-order chi connectivity index (χ1) is 19.7. The number of amides is 3. The van der Waals surface area contributed by atoms with Crippen LogP contribution in [-0.2, 0) is 27.0 Å². The first-order valence-electron chi connectivity index (χ1n) is 13.5. The molecule has 1 fully saturated rings. The fraction of sp³-hybridized carbons (Fsp3) is 0.444. The van der Waals surface area contributed by atoms with Crippen LogP contribution in [-0.4, -0.2) is 77.0 Å².